The Morgan fingerprint density at radius 2 is 2.31 bits per heavy atom. The van der Waals surface area contributed by atoms with E-state index in [1.165, 1.54) is 5.56 Å². The minimum absolute atomic E-state index is 0.103. The van der Waals surface area contributed by atoms with Crippen molar-refractivity contribution in [2.45, 2.75) is 19.4 Å². The molecule has 0 unspecified atom stereocenters. The minimum Gasteiger partial charge on any atom is -0.337 e. The SMILES string of the molecule is Cc1ccc(C(=O)N2CC[C@@H](N)C2)cc1I. The number of halogens is 1. The normalized spacial score (nSPS) is 20.2. The molecule has 1 aliphatic heterocycles. The summed E-state index contributed by atoms with van der Waals surface area (Å²) >= 11 is 2.26. The van der Waals surface area contributed by atoms with Gasteiger partial charge in [-0.2, -0.15) is 0 Å². The second-order valence-corrected chi connectivity index (χ2v) is 5.43. The van der Waals surface area contributed by atoms with Crippen molar-refractivity contribution in [3.8, 4) is 0 Å². The highest BCUT2D eigenvalue weighted by molar-refractivity contribution is 14.1. The Balaban J connectivity index is 2.18. The smallest absolute Gasteiger partial charge is 0.253 e. The van der Waals surface area contributed by atoms with Crippen molar-refractivity contribution >= 4 is 28.5 Å². The Kier molecular flexibility index (Phi) is 3.49. The van der Waals surface area contributed by atoms with Gasteiger partial charge in [0.2, 0.25) is 0 Å². The highest BCUT2D eigenvalue weighted by Crippen LogP contribution is 2.17. The van der Waals surface area contributed by atoms with Crippen molar-refractivity contribution in [2.24, 2.45) is 5.73 Å². The molecular weight excluding hydrogens is 315 g/mol. The van der Waals surface area contributed by atoms with E-state index in [0.717, 1.165) is 22.1 Å². The summed E-state index contributed by atoms with van der Waals surface area (Å²) in [4.78, 5) is 14.0. The first kappa shape index (κ1) is 11.9. The molecule has 1 amide bonds. The molecule has 1 heterocycles. The summed E-state index contributed by atoms with van der Waals surface area (Å²) in [6.45, 7) is 3.51. The Bertz CT molecular complexity index is 419. The third-order valence-corrected chi connectivity index (χ3v) is 4.09. The molecule has 16 heavy (non-hydrogen) atoms. The van der Waals surface area contributed by atoms with E-state index in [0.29, 0.717) is 6.54 Å². The molecule has 1 atom stereocenters. The summed E-state index contributed by atoms with van der Waals surface area (Å²) in [5.74, 6) is 0.103. The van der Waals surface area contributed by atoms with Crippen LogP contribution in [-0.4, -0.2) is 29.9 Å². The molecule has 1 aliphatic rings. The van der Waals surface area contributed by atoms with Gasteiger partial charge in [-0.25, -0.2) is 0 Å². The lowest BCUT2D eigenvalue weighted by Gasteiger charge is -2.16. The van der Waals surface area contributed by atoms with Crippen LogP contribution in [0.25, 0.3) is 0 Å². The van der Waals surface area contributed by atoms with Crippen LogP contribution in [0, 0.1) is 10.5 Å². The highest BCUT2D eigenvalue weighted by atomic mass is 127. The lowest BCUT2D eigenvalue weighted by atomic mass is 10.1. The summed E-state index contributed by atoms with van der Waals surface area (Å²) in [6.07, 6.45) is 0.911. The third kappa shape index (κ3) is 2.38. The predicted octanol–water partition coefficient (Wildman–Crippen LogP) is 1.77. The largest absolute Gasteiger partial charge is 0.337 e. The average molecular weight is 330 g/mol. The van der Waals surface area contributed by atoms with Crippen molar-refractivity contribution in [3.63, 3.8) is 0 Å². The molecule has 1 saturated heterocycles. The van der Waals surface area contributed by atoms with E-state index in [4.69, 9.17) is 5.73 Å². The zero-order chi connectivity index (χ0) is 11.7. The first-order valence-corrected chi connectivity index (χ1v) is 6.47. The van der Waals surface area contributed by atoms with Crippen LogP contribution in [0.5, 0.6) is 0 Å². The maximum atomic E-state index is 12.1. The maximum absolute atomic E-state index is 12.1. The number of rotatable bonds is 1. The van der Waals surface area contributed by atoms with Crippen LogP contribution in [0.2, 0.25) is 0 Å². The standard InChI is InChI=1S/C12H15IN2O/c1-8-2-3-9(6-11(8)13)12(16)15-5-4-10(14)7-15/h2-3,6,10H,4-5,7,14H2,1H3/t10-/m1/s1. The Hall–Kier alpha value is -0.620. The second-order valence-electron chi connectivity index (χ2n) is 4.26. The zero-order valence-corrected chi connectivity index (χ0v) is 11.4. The molecular formula is C12H15IN2O. The first-order valence-electron chi connectivity index (χ1n) is 5.39. The first-order chi connectivity index (χ1) is 7.58. The van der Waals surface area contributed by atoms with Gasteiger partial charge >= 0.3 is 0 Å². The van der Waals surface area contributed by atoms with Gasteiger partial charge in [-0.3, -0.25) is 4.79 Å². The van der Waals surface area contributed by atoms with Crippen LogP contribution in [0.3, 0.4) is 0 Å². The van der Waals surface area contributed by atoms with Crippen molar-refractivity contribution in [3.05, 3.63) is 32.9 Å². The van der Waals surface area contributed by atoms with E-state index in [9.17, 15) is 4.79 Å². The predicted molar refractivity (Wildman–Crippen MR) is 72.4 cm³/mol. The van der Waals surface area contributed by atoms with Crippen LogP contribution in [0.4, 0.5) is 0 Å². The van der Waals surface area contributed by atoms with Crippen LogP contribution in [-0.2, 0) is 0 Å². The molecule has 1 fully saturated rings. The summed E-state index contributed by atoms with van der Waals surface area (Å²) in [6, 6.07) is 5.98. The Morgan fingerprint density at radius 3 is 2.88 bits per heavy atom. The number of carbonyl (C=O) groups is 1. The van der Waals surface area contributed by atoms with Crippen LogP contribution in [0.1, 0.15) is 22.3 Å². The van der Waals surface area contributed by atoms with Crippen molar-refractivity contribution in [2.75, 3.05) is 13.1 Å². The molecule has 4 heteroatoms. The molecule has 1 aromatic carbocycles. The lowest BCUT2D eigenvalue weighted by Crippen LogP contribution is -2.31. The van der Waals surface area contributed by atoms with Crippen molar-refractivity contribution in [1.82, 2.24) is 4.90 Å². The summed E-state index contributed by atoms with van der Waals surface area (Å²) in [7, 11) is 0. The fourth-order valence-corrected chi connectivity index (χ4v) is 2.40. The molecule has 0 bridgehead atoms. The maximum Gasteiger partial charge on any atom is 0.253 e. The van der Waals surface area contributed by atoms with Crippen molar-refractivity contribution < 1.29 is 4.79 Å². The van der Waals surface area contributed by atoms with Gasteiger partial charge in [0.25, 0.3) is 5.91 Å². The molecule has 0 aromatic heterocycles. The average Bonchev–Trinajstić information content (AvgIpc) is 2.68. The molecule has 0 spiro atoms. The molecule has 0 saturated carbocycles. The number of carbonyl (C=O) groups excluding carboxylic acids is 1. The Labute approximate surface area is 109 Å². The number of nitrogens with two attached hydrogens (primary N) is 1. The number of amides is 1. The molecule has 3 nitrogen and oxygen atoms in total. The second kappa shape index (κ2) is 4.71. The van der Waals surface area contributed by atoms with E-state index in [1.807, 2.05) is 30.0 Å². The molecule has 0 radical (unpaired) electrons. The van der Waals surface area contributed by atoms with E-state index >= 15 is 0 Å². The summed E-state index contributed by atoms with van der Waals surface area (Å²) in [5, 5.41) is 0. The molecule has 86 valence electrons. The summed E-state index contributed by atoms with van der Waals surface area (Å²) < 4.78 is 1.13. The van der Waals surface area contributed by atoms with E-state index < -0.39 is 0 Å². The number of nitrogens with zero attached hydrogens (tertiary/aromatic N) is 1. The van der Waals surface area contributed by atoms with Crippen LogP contribution >= 0.6 is 22.6 Å². The lowest BCUT2D eigenvalue weighted by molar-refractivity contribution is 0.0791. The minimum atomic E-state index is 0.103. The fourth-order valence-electron chi connectivity index (χ4n) is 1.88. The number of likely N-dealkylation sites (tertiary alicyclic amines) is 1. The number of hydrogen-bond acceptors (Lipinski definition) is 2. The zero-order valence-electron chi connectivity index (χ0n) is 9.24. The Morgan fingerprint density at radius 1 is 1.56 bits per heavy atom. The number of benzene rings is 1. The van der Waals surface area contributed by atoms with Gasteiger partial charge in [0.05, 0.1) is 0 Å². The topological polar surface area (TPSA) is 46.3 Å². The van der Waals surface area contributed by atoms with Crippen LogP contribution < -0.4 is 5.73 Å². The van der Waals surface area contributed by atoms with E-state index in [-0.39, 0.29) is 11.9 Å². The third-order valence-electron chi connectivity index (χ3n) is 2.93. The van der Waals surface area contributed by atoms with E-state index in [2.05, 4.69) is 22.6 Å². The van der Waals surface area contributed by atoms with Gasteiger partial charge in [-0.1, -0.05) is 6.07 Å². The van der Waals surface area contributed by atoms with Gasteiger partial charge in [0.1, 0.15) is 0 Å². The van der Waals surface area contributed by atoms with Crippen molar-refractivity contribution in [1.29, 1.82) is 0 Å². The number of hydrogen-bond donors (Lipinski definition) is 1. The molecule has 2 rings (SSSR count). The fraction of sp³-hybridized carbons (Fsp3) is 0.417. The van der Waals surface area contributed by atoms with E-state index in [1.54, 1.807) is 0 Å². The van der Waals surface area contributed by atoms with Gasteiger partial charge in [0, 0.05) is 28.3 Å². The monoisotopic (exact) mass is 330 g/mol. The summed E-state index contributed by atoms with van der Waals surface area (Å²) in [5.41, 5.74) is 7.77. The molecule has 0 aliphatic carbocycles. The van der Waals surface area contributed by atoms with Gasteiger partial charge in [-0.05, 0) is 53.6 Å². The van der Waals surface area contributed by atoms with Gasteiger partial charge in [0.15, 0.2) is 0 Å². The number of aryl methyl sites for hydroxylation is 1. The quantitative estimate of drug-likeness (QED) is 0.798. The van der Waals surface area contributed by atoms with Gasteiger partial charge < -0.3 is 10.6 Å². The van der Waals surface area contributed by atoms with Gasteiger partial charge in [-0.15, -0.1) is 0 Å². The highest BCUT2D eigenvalue weighted by Gasteiger charge is 2.24. The molecule has 2 N–H and O–H groups in total. The van der Waals surface area contributed by atoms with Crippen LogP contribution in [0.15, 0.2) is 18.2 Å². The molecule has 1 aromatic rings.